The van der Waals surface area contributed by atoms with Gasteiger partial charge in [0.2, 0.25) is 0 Å². The number of ether oxygens (including phenoxy) is 1. The molecule has 0 N–H and O–H groups in total. The summed E-state index contributed by atoms with van der Waals surface area (Å²) in [6, 6.07) is 50.2. The molecular weight excluding hydrogens is 653 g/mol. The van der Waals surface area contributed by atoms with Crippen LogP contribution in [0.5, 0.6) is 11.5 Å². The summed E-state index contributed by atoms with van der Waals surface area (Å²) in [6.45, 7) is 8.38. The van der Waals surface area contributed by atoms with Crippen LogP contribution in [0, 0.1) is 0 Å². The van der Waals surface area contributed by atoms with Crippen LogP contribution >= 0.6 is 0 Å². The molecule has 1 aromatic heterocycles. The Labute approximate surface area is 309 Å². The molecule has 1 fully saturated rings. The number of aromatic nitrogens is 3. The van der Waals surface area contributed by atoms with Gasteiger partial charge in [0.25, 0.3) is 0 Å². The van der Waals surface area contributed by atoms with Crippen LogP contribution in [0.3, 0.4) is 0 Å². The molecule has 3 aliphatic rings. The minimum atomic E-state index is -0.705. The van der Waals surface area contributed by atoms with Gasteiger partial charge in [-0.3, -0.25) is 0 Å². The minimum absolute atomic E-state index is 0.478. The van der Waals surface area contributed by atoms with E-state index >= 15 is 0 Å². The van der Waals surface area contributed by atoms with Crippen molar-refractivity contribution in [3.63, 3.8) is 0 Å². The van der Waals surface area contributed by atoms with Crippen molar-refractivity contribution in [3.05, 3.63) is 168 Å². The highest BCUT2D eigenvalue weighted by atomic mass is 16.7. The smallest absolute Gasteiger partial charge is 0.457 e. The summed E-state index contributed by atoms with van der Waals surface area (Å²) in [5.74, 6) is 3.51. The summed E-state index contributed by atoms with van der Waals surface area (Å²) in [6.07, 6.45) is 0. The number of hydrogen-bond acceptors (Lipinski definition) is 6. The van der Waals surface area contributed by atoms with E-state index in [-0.39, 0.29) is 0 Å². The Kier molecular flexibility index (Phi) is 6.94. The Morgan fingerprint density at radius 2 is 0.962 bits per heavy atom. The van der Waals surface area contributed by atoms with Gasteiger partial charge in [0.15, 0.2) is 17.5 Å². The molecule has 0 radical (unpaired) electrons. The lowest BCUT2D eigenvalue weighted by Crippen LogP contribution is -2.41. The van der Waals surface area contributed by atoms with Crippen LogP contribution in [0.25, 0.3) is 45.3 Å². The van der Waals surface area contributed by atoms with Gasteiger partial charge in [-0.1, -0.05) is 133 Å². The molecular formula is C46H36BN3O3. The summed E-state index contributed by atoms with van der Waals surface area (Å²) in [5, 5.41) is 0. The van der Waals surface area contributed by atoms with Crippen molar-refractivity contribution in [1.82, 2.24) is 15.0 Å². The third kappa shape index (κ3) is 4.70. The van der Waals surface area contributed by atoms with E-state index < -0.39 is 23.7 Å². The third-order valence-electron chi connectivity index (χ3n) is 11.5. The summed E-state index contributed by atoms with van der Waals surface area (Å²) in [7, 11) is -0.527. The predicted molar refractivity (Wildman–Crippen MR) is 209 cm³/mol. The van der Waals surface area contributed by atoms with Gasteiger partial charge in [-0.2, -0.15) is 0 Å². The number of nitrogens with zero attached hydrogens (tertiary/aromatic N) is 3. The van der Waals surface area contributed by atoms with E-state index in [4.69, 9.17) is 29.0 Å². The van der Waals surface area contributed by atoms with Gasteiger partial charge in [0.05, 0.1) is 16.6 Å². The maximum absolute atomic E-state index is 6.64. The fourth-order valence-electron chi connectivity index (χ4n) is 8.21. The first-order valence-corrected chi connectivity index (χ1v) is 18.1. The Morgan fingerprint density at radius 1 is 0.453 bits per heavy atom. The molecule has 7 aromatic rings. The summed E-state index contributed by atoms with van der Waals surface area (Å²) in [5.41, 5.74) is 8.71. The molecule has 7 heteroatoms. The Morgan fingerprint density at radius 3 is 1.55 bits per heavy atom. The van der Waals surface area contributed by atoms with Crippen LogP contribution in [-0.2, 0) is 14.7 Å². The number of para-hydroxylation sites is 2. The van der Waals surface area contributed by atoms with E-state index in [0.717, 1.165) is 67.0 Å². The van der Waals surface area contributed by atoms with Crippen LogP contribution in [0.15, 0.2) is 146 Å². The first-order valence-electron chi connectivity index (χ1n) is 18.1. The standard InChI is InChI=1S/C46H36BN3O3/c1-44(2)45(3,4)53-47(52-44)31-26-27-32-37(28-31)46(34-21-11-13-24-38(34)51-39-25-14-12-22-35(39)46)36-23-15-20-33(40(32)36)43-49-41(29-16-7-5-8-17-29)48-42(50-43)30-18-9-6-10-19-30/h5-28H,1-4H3. The minimum Gasteiger partial charge on any atom is -0.457 e. The highest BCUT2D eigenvalue weighted by molar-refractivity contribution is 6.62. The zero-order chi connectivity index (χ0) is 36.0. The van der Waals surface area contributed by atoms with Gasteiger partial charge >= 0.3 is 7.12 Å². The first kappa shape index (κ1) is 31.8. The number of fused-ring (bicyclic) bond motifs is 9. The molecule has 0 saturated carbocycles. The quantitative estimate of drug-likeness (QED) is 0.172. The second-order valence-corrected chi connectivity index (χ2v) is 15.0. The van der Waals surface area contributed by atoms with Crippen molar-refractivity contribution in [2.75, 3.05) is 0 Å². The van der Waals surface area contributed by atoms with Crippen molar-refractivity contribution >= 4 is 12.6 Å². The second-order valence-electron chi connectivity index (χ2n) is 15.0. The predicted octanol–water partition coefficient (Wildman–Crippen LogP) is 9.64. The van der Waals surface area contributed by atoms with Gasteiger partial charge in [-0.15, -0.1) is 0 Å². The summed E-state index contributed by atoms with van der Waals surface area (Å²) >= 11 is 0. The molecule has 3 heterocycles. The van der Waals surface area contributed by atoms with Crippen LogP contribution in [-0.4, -0.2) is 33.3 Å². The average molecular weight is 690 g/mol. The molecule has 0 amide bonds. The maximum atomic E-state index is 6.64. The fraction of sp³-hybridized carbons (Fsp3) is 0.152. The van der Waals surface area contributed by atoms with Gasteiger partial charge < -0.3 is 14.0 Å². The number of benzene rings is 6. The Balaban J connectivity index is 1.27. The van der Waals surface area contributed by atoms with Crippen molar-refractivity contribution in [3.8, 4) is 56.8 Å². The number of hydrogen-bond donors (Lipinski definition) is 0. The van der Waals surface area contributed by atoms with Gasteiger partial charge in [0, 0.05) is 27.8 Å². The van der Waals surface area contributed by atoms with Gasteiger partial charge in [-0.05, 0) is 67.5 Å². The molecule has 0 bridgehead atoms. The van der Waals surface area contributed by atoms with E-state index in [1.165, 1.54) is 0 Å². The van der Waals surface area contributed by atoms with E-state index in [0.29, 0.717) is 17.5 Å². The first-order chi connectivity index (χ1) is 25.7. The van der Waals surface area contributed by atoms with E-state index in [9.17, 15) is 0 Å². The Hall–Kier alpha value is -5.89. The van der Waals surface area contributed by atoms with E-state index in [2.05, 4.69) is 100 Å². The molecule has 10 rings (SSSR count). The molecule has 6 nitrogen and oxygen atoms in total. The molecule has 6 aromatic carbocycles. The SMILES string of the molecule is CC1(C)OB(c2ccc3c(c2)C2(c4ccccc4Oc4ccccc42)c2cccc(-c4nc(-c5ccccc5)nc(-c5ccccc5)n4)c2-3)OC1(C)C. The largest absolute Gasteiger partial charge is 0.494 e. The summed E-state index contributed by atoms with van der Waals surface area (Å²) < 4.78 is 19.9. The Bertz CT molecular complexity index is 2450. The lowest BCUT2D eigenvalue weighted by molar-refractivity contribution is 0.00578. The molecule has 1 aliphatic carbocycles. The molecule has 0 atom stereocenters. The third-order valence-corrected chi connectivity index (χ3v) is 11.5. The van der Waals surface area contributed by atoms with E-state index in [1.807, 2.05) is 72.8 Å². The normalized spacial score (nSPS) is 16.7. The highest BCUT2D eigenvalue weighted by Crippen LogP contribution is 2.63. The van der Waals surface area contributed by atoms with Crippen LogP contribution in [0.4, 0.5) is 0 Å². The second kappa shape index (κ2) is 11.6. The topological polar surface area (TPSA) is 66.4 Å². The lowest BCUT2D eigenvalue weighted by atomic mass is 9.65. The van der Waals surface area contributed by atoms with E-state index in [1.54, 1.807) is 0 Å². The number of rotatable bonds is 4. The van der Waals surface area contributed by atoms with Gasteiger partial charge in [-0.25, -0.2) is 15.0 Å². The van der Waals surface area contributed by atoms with Gasteiger partial charge in [0.1, 0.15) is 11.5 Å². The van der Waals surface area contributed by atoms with Crippen molar-refractivity contribution < 1.29 is 14.0 Å². The molecule has 2 aliphatic heterocycles. The van der Waals surface area contributed by atoms with Crippen molar-refractivity contribution in [1.29, 1.82) is 0 Å². The molecule has 256 valence electrons. The monoisotopic (exact) mass is 689 g/mol. The molecule has 0 unspecified atom stereocenters. The maximum Gasteiger partial charge on any atom is 0.494 e. The lowest BCUT2D eigenvalue weighted by Gasteiger charge is -2.39. The van der Waals surface area contributed by atoms with Crippen LogP contribution in [0.1, 0.15) is 49.9 Å². The zero-order valence-electron chi connectivity index (χ0n) is 30.0. The average Bonchev–Trinajstić information content (AvgIpc) is 3.61. The van der Waals surface area contributed by atoms with Crippen LogP contribution in [0.2, 0.25) is 0 Å². The van der Waals surface area contributed by atoms with Crippen molar-refractivity contribution in [2.24, 2.45) is 0 Å². The molecule has 1 saturated heterocycles. The molecule has 53 heavy (non-hydrogen) atoms. The fourth-order valence-corrected chi connectivity index (χ4v) is 8.21. The van der Waals surface area contributed by atoms with Crippen LogP contribution < -0.4 is 10.2 Å². The summed E-state index contributed by atoms with van der Waals surface area (Å²) in [4.78, 5) is 15.4. The molecule has 1 spiro atoms. The van der Waals surface area contributed by atoms with Crippen molar-refractivity contribution in [2.45, 2.75) is 44.3 Å². The zero-order valence-corrected chi connectivity index (χ0v) is 30.0. The highest BCUT2D eigenvalue weighted by Gasteiger charge is 2.55.